The first-order valence-corrected chi connectivity index (χ1v) is 10.8. The van der Waals surface area contributed by atoms with Gasteiger partial charge in [0.25, 0.3) is 0 Å². The van der Waals surface area contributed by atoms with E-state index in [2.05, 4.69) is 47.1 Å². The predicted molar refractivity (Wildman–Crippen MR) is 112 cm³/mol. The second kappa shape index (κ2) is 8.06. The van der Waals surface area contributed by atoms with Gasteiger partial charge >= 0.3 is 0 Å². The van der Waals surface area contributed by atoms with E-state index in [9.17, 15) is 4.79 Å². The average molecular weight is 381 g/mol. The number of rotatable bonds is 6. The average Bonchev–Trinajstić information content (AvgIpc) is 3.02. The maximum Gasteiger partial charge on any atom is 0.223 e. The summed E-state index contributed by atoms with van der Waals surface area (Å²) >= 11 is 0. The number of amides is 1. The van der Waals surface area contributed by atoms with Gasteiger partial charge in [0.05, 0.1) is 5.52 Å². The van der Waals surface area contributed by atoms with Gasteiger partial charge in [0.2, 0.25) is 5.91 Å². The molecule has 4 rings (SSSR count). The number of aromatic amines is 1. The van der Waals surface area contributed by atoms with Crippen molar-refractivity contribution < 1.29 is 4.79 Å². The topological polar surface area (TPSA) is 70.7 Å². The van der Waals surface area contributed by atoms with E-state index >= 15 is 0 Å². The summed E-state index contributed by atoms with van der Waals surface area (Å²) in [6.07, 6.45) is 9.60. The lowest BCUT2D eigenvalue weighted by Gasteiger charge is -2.37. The molecule has 1 fully saturated rings. The highest BCUT2D eigenvalue weighted by Crippen LogP contribution is 2.38. The van der Waals surface area contributed by atoms with Crippen molar-refractivity contribution in [2.45, 2.75) is 52.9 Å². The van der Waals surface area contributed by atoms with Crippen LogP contribution >= 0.6 is 0 Å². The number of pyridine rings is 1. The second-order valence-corrected chi connectivity index (χ2v) is 9.05. The number of allylic oxidation sites excluding steroid dienone is 1. The van der Waals surface area contributed by atoms with Crippen LogP contribution in [0.25, 0.3) is 11.2 Å². The molecule has 0 spiro atoms. The van der Waals surface area contributed by atoms with Crippen molar-refractivity contribution in [1.29, 1.82) is 0 Å². The summed E-state index contributed by atoms with van der Waals surface area (Å²) in [5.74, 6) is 3.64. The zero-order valence-corrected chi connectivity index (χ0v) is 17.2. The van der Waals surface area contributed by atoms with Crippen LogP contribution in [0.1, 0.15) is 52.3 Å². The molecule has 5 nitrogen and oxygen atoms in total. The smallest absolute Gasteiger partial charge is 0.223 e. The SMILES string of the molecule is CC1=C[C@@H](CNC(=O)C2CCC2)[C@H](C(C)C)C[C@H]1Cc1nc2ncccc2[nH]1. The first-order chi connectivity index (χ1) is 13.5. The highest BCUT2D eigenvalue weighted by Gasteiger charge is 2.33. The Hall–Kier alpha value is -2.17. The molecule has 0 unspecified atom stereocenters. The minimum absolute atomic E-state index is 0.261. The third-order valence-corrected chi connectivity index (χ3v) is 6.82. The van der Waals surface area contributed by atoms with Crippen LogP contribution in [0.4, 0.5) is 0 Å². The number of hydrogen-bond acceptors (Lipinski definition) is 3. The summed E-state index contributed by atoms with van der Waals surface area (Å²) in [5.41, 5.74) is 3.23. The van der Waals surface area contributed by atoms with E-state index in [1.807, 2.05) is 12.1 Å². The van der Waals surface area contributed by atoms with Gasteiger partial charge in [0.15, 0.2) is 5.65 Å². The van der Waals surface area contributed by atoms with Crippen molar-refractivity contribution >= 4 is 17.1 Å². The minimum atomic E-state index is 0.261. The molecule has 150 valence electrons. The van der Waals surface area contributed by atoms with Crippen LogP contribution in [0.15, 0.2) is 30.0 Å². The van der Waals surface area contributed by atoms with Crippen molar-refractivity contribution in [2.24, 2.45) is 29.6 Å². The third kappa shape index (κ3) is 3.98. The summed E-state index contributed by atoms with van der Waals surface area (Å²) in [5, 5.41) is 3.23. The Kier molecular flexibility index (Phi) is 5.51. The number of hydrogen-bond donors (Lipinski definition) is 2. The molecule has 0 aromatic carbocycles. The van der Waals surface area contributed by atoms with Gasteiger partial charge in [-0.25, -0.2) is 9.97 Å². The van der Waals surface area contributed by atoms with Gasteiger partial charge in [0.1, 0.15) is 5.82 Å². The van der Waals surface area contributed by atoms with E-state index in [0.29, 0.717) is 23.7 Å². The van der Waals surface area contributed by atoms with Crippen LogP contribution < -0.4 is 5.32 Å². The van der Waals surface area contributed by atoms with E-state index in [0.717, 1.165) is 49.2 Å². The molecule has 5 heteroatoms. The summed E-state index contributed by atoms with van der Waals surface area (Å²) < 4.78 is 0. The van der Waals surface area contributed by atoms with Gasteiger partial charge in [-0.1, -0.05) is 31.9 Å². The molecule has 28 heavy (non-hydrogen) atoms. The highest BCUT2D eigenvalue weighted by molar-refractivity contribution is 5.79. The van der Waals surface area contributed by atoms with Crippen LogP contribution in [-0.2, 0) is 11.2 Å². The Balaban J connectivity index is 1.45. The predicted octanol–water partition coefficient (Wildman–Crippen LogP) is 4.27. The van der Waals surface area contributed by atoms with E-state index in [1.54, 1.807) is 6.20 Å². The summed E-state index contributed by atoms with van der Waals surface area (Å²) in [6.45, 7) is 7.63. The molecule has 2 aliphatic rings. The molecule has 2 N–H and O–H groups in total. The first-order valence-electron chi connectivity index (χ1n) is 10.8. The summed E-state index contributed by atoms with van der Waals surface area (Å²) in [6, 6.07) is 3.97. The van der Waals surface area contributed by atoms with Crippen molar-refractivity contribution in [1.82, 2.24) is 20.3 Å². The lowest BCUT2D eigenvalue weighted by atomic mass is 9.69. The van der Waals surface area contributed by atoms with Gasteiger partial charge in [-0.3, -0.25) is 4.79 Å². The molecular formula is C23H32N4O. The lowest BCUT2D eigenvalue weighted by Crippen LogP contribution is -2.40. The van der Waals surface area contributed by atoms with Crippen molar-refractivity contribution in [3.63, 3.8) is 0 Å². The van der Waals surface area contributed by atoms with Gasteiger partial charge in [-0.2, -0.15) is 0 Å². The molecule has 2 heterocycles. The number of fused-ring (bicyclic) bond motifs is 1. The second-order valence-electron chi connectivity index (χ2n) is 9.05. The van der Waals surface area contributed by atoms with E-state index in [4.69, 9.17) is 0 Å². The molecule has 1 saturated carbocycles. The Morgan fingerprint density at radius 3 is 2.86 bits per heavy atom. The molecule has 3 atom stereocenters. The van der Waals surface area contributed by atoms with Crippen LogP contribution in [0.5, 0.6) is 0 Å². The fraction of sp³-hybridized carbons (Fsp3) is 0.609. The number of nitrogens with one attached hydrogen (secondary N) is 2. The number of nitrogens with zero attached hydrogens (tertiary/aromatic N) is 2. The molecule has 0 aliphatic heterocycles. The van der Waals surface area contributed by atoms with Crippen LogP contribution in [0, 0.1) is 29.6 Å². The minimum Gasteiger partial charge on any atom is -0.355 e. The van der Waals surface area contributed by atoms with Crippen molar-refractivity contribution in [3.05, 3.63) is 35.8 Å². The Bertz CT molecular complexity index is 831. The molecular weight excluding hydrogens is 348 g/mol. The highest BCUT2D eigenvalue weighted by atomic mass is 16.1. The number of aromatic nitrogens is 3. The van der Waals surface area contributed by atoms with E-state index in [-0.39, 0.29) is 11.8 Å². The quantitative estimate of drug-likeness (QED) is 0.735. The van der Waals surface area contributed by atoms with Crippen molar-refractivity contribution in [3.8, 4) is 0 Å². The van der Waals surface area contributed by atoms with Gasteiger partial charge in [-0.05, 0) is 62.0 Å². The van der Waals surface area contributed by atoms with Crippen LogP contribution in [-0.4, -0.2) is 27.4 Å². The van der Waals surface area contributed by atoms with E-state index in [1.165, 1.54) is 12.0 Å². The first kappa shape index (κ1) is 19.2. The maximum atomic E-state index is 12.3. The van der Waals surface area contributed by atoms with Gasteiger partial charge in [0, 0.05) is 25.1 Å². The zero-order chi connectivity index (χ0) is 19.7. The normalized spacial score (nSPS) is 25.6. The Morgan fingerprint density at radius 1 is 1.36 bits per heavy atom. The Labute approximate surface area is 167 Å². The fourth-order valence-corrected chi connectivity index (χ4v) is 4.77. The number of carbonyl (C=O) groups is 1. The molecule has 1 amide bonds. The maximum absolute atomic E-state index is 12.3. The number of carbonyl (C=O) groups excluding carboxylic acids is 1. The van der Waals surface area contributed by atoms with Crippen molar-refractivity contribution in [2.75, 3.05) is 6.54 Å². The van der Waals surface area contributed by atoms with Gasteiger partial charge < -0.3 is 10.3 Å². The molecule has 2 aromatic heterocycles. The summed E-state index contributed by atoms with van der Waals surface area (Å²) in [7, 11) is 0. The molecule has 2 aliphatic carbocycles. The van der Waals surface area contributed by atoms with E-state index < -0.39 is 0 Å². The number of imidazole rings is 1. The molecule has 0 bridgehead atoms. The third-order valence-electron chi connectivity index (χ3n) is 6.82. The Morgan fingerprint density at radius 2 is 2.18 bits per heavy atom. The van der Waals surface area contributed by atoms with Gasteiger partial charge in [-0.15, -0.1) is 0 Å². The number of H-pyrrole nitrogens is 1. The summed E-state index contributed by atoms with van der Waals surface area (Å²) in [4.78, 5) is 24.7. The van der Waals surface area contributed by atoms with Crippen LogP contribution in [0.2, 0.25) is 0 Å². The monoisotopic (exact) mass is 380 g/mol. The fourth-order valence-electron chi connectivity index (χ4n) is 4.77. The lowest BCUT2D eigenvalue weighted by molar-refractivity contribution is -0.127. The zero-order valence-electron chi connectivity index (χ0n) is 17.2. The molecule has 0 radical (unpaired) electrons. The largest absolute Gasteiger partial charge is 0.355 e. The van der Waals surface area contributed by atoms with Crippen LogP contribution in [0.3, 0.4) is 0 Å². The standard InChI is InChI=1S/C23H32N4O/c1-14(2)19-11-17(12-21-26-20-8-5-9-24-22(20)27-21)15(3)10-18(19)13-25-23(28)16-6-4-7-16/h5,8-10,14,16-19H,4,6-7,11-13H2,1-3H3,(H,25,28)(H,24,26,27)/t17-,18-,19-/m0/s1. The molecule has 2 aromatic rings. The molecule has 0 saturated heterocycles.